The molecule has 2 rings (SSSR count). The van der Waals surface area contributed by atoms with Crippen molar-refractivity contribution in [3.63, 3.8) is 0 Å². The first-order chi connectivity index (χ1) is 9.47. The van der Waals surface area contributed by atoms with Crippen molar-refractivity contribution in [2.24, 2.45) is 0 Å². The van der Waals surface area contributed by atoms with Gasteiger partial charge in [0.1, 0.15) is 5.75 Å². The van der Waals surface area contributed by atoms with Gasteiger partial charge in [-0.25, -0.2) is 4.79 Å². The van der Waals surface area contributed by atoms with Gasteiger partial charge in [0, 0.05) is 10.0 Å². The number of ether oxygens (including phenoxy) is 1. The smallest absolute Gasteiger partial charge is 0.345 e. The predicted molar refractivity (Wildman–Crippen MR) is 80.6 cm³/mol. The van der Waals surface area contributed by atoms with Crippen molar-refractivity contribution in [1.29, 1.82) is 0 Å². The van der Waals surface area contributed by atoms with Crippen molar-refractivity contribution in [2.75, 3.05) is 0 Å². The van der Waals surface area contributed by atoms with E-state index in [-0.39, 0.29) is 11.3 Å². The molecule has 2 aromatic rings. The van der Waals surface area contributed by atoms with Crippen molar-refractivity contribution in [1.82, 2.24) is 0 Å². The molecule has 0 atom stereocenters. The van der Waals surface area contributed by atoms with Crippen LogP contribution in [0.25, 0.3) is 0 Å². The number of hydrogen-bond donors (Lipinski definition) is 0. The highest BCUT2D eigenvalue weighted by Crippen LogP contribution is 2.23. The summed E-state index contributed by atoms with van der Waals surface area (Å²) >= 11 is 9.23. The molecule has 102 valence electrons. The van der Waals surface area contributed by atoms with Crippen LogP contribution in [0.3, 0.4) is 0 Å². The summed E-state index contributed by atoms with van der Waals surface area (Å²) in [4.78, 5) is 23.2. The number of esters is 1. The molecule has 2 aromatic carbocycles. The van der Waals surface area contributed by atoms with Crippen LogP contribution < -0.4 is 4.74 Å². The number of Topliss-reactive ketones (excluding diaryl/α,β-unsaturated/α-hetero) is 1. The van der Waals surface area contributed by atoms with E-state index in [9.17, 15) is 9.59 Å². The lowest BCUT2D eigenvalue weighted by molar-refractivity contribution is 0.0735. The van der Waals surface area contributed by atoms with Gasteiger partial charge in [-0.1, -0.05) is 27.5 Å². The van der Waals surface area contributed by atoms with E-state index < -0.39 is 5.97 Å². The predicted octanol–water partition coefficient (Wildman–Crippen LogP) is 4.52. The highest BCUT2D eigenvalue weighted by molar-refractivity contribution is 9.10. The van der Waals surface area contributed by atoms with Crippen molar-refractivity contribution < 1.29 is 14.3 Å². The number of halogens is 2. The SMILES string of the molecule is CC(=O)c1ccc(OC(=O)c2cc(Br)ccc2Cl)cc1. The molecule has 0 N–H and O–H groups in total. The third-order valence-corrected chi connectivity index (χ3v) is 3.44. The second-order valence-corrected chi connectivity index (χ2v) is 5.42. The Balaban J connectivity index is 2.19. The molecule has 5 heteroatoms. The highest BCUT2D eigenvalue weighted by Gasteiger charge is 2.13. The maximum absolute atomic E-state index is 12.0. The minimum atomic E-state index is -0.549. The lowest BCUT2D eigenvalue weighted by Gasteiger charge is -2.06. The Morgan fingerprint density at radius 2 is 1.75 bits per heavy atom. The van der Waals surface area contributed by atoms with Gasteiger partial charge in [0.25, 0.3) is 0 Å². The Morgan fingerprint density at radius 1 is 1.10 bits per heavy atom. The molecule has 0 saturated carbocycles. The third kappa shape index (κ3) is 3.46. The Hall–Kier alpha value is -1.65. The molecule has 0 spiro atoms. The first-order valence-electron chi connectivity index (χ1n) is 5.75. The Morgan fingerprint density at radius 3 is 2.35 bits per heavy atom. The zero-order chi connectivity index (χ0) is 14.7. The van der Waals surface area contributed by atoms with Gasteiger partial charge < -0.3 is 4.74 Å². The summed E-state index contributed by atoms with van der Waals surface area (Å²) in [7, 11) is 0. The van der Waals surface area contributed by atoms with Gasteiger partial charge in [-0.05, 0) is 49.4 Å². The van der Waals surface area contributed by atoms with Gasteiger partial charge in [0.2, 0.25) is 0 Å². The zero-order valence-corrected chi connectivity index (χ0v) is 12.9. The van der Waals surface area contributed by atoms with Crippen LogP contribution in [0.1, 0.15) is 27.6 Å². The topological polar surface area (TPSA) is 43.4 Å². The standard InChI is InChI=1S/C15H10BrClO3/c1-9(18)10-2-5-12(6-3-10)20-15(19)13-8-11(16)4-7-14(13)17/h2-8H,1H3. The first kappa shape index (κ1) is 14.8. The Labute approximate surface area is 129 Å². The second kappa shape index (κ2) is 6.20. The first-order valence-corrected chi connectivity index (χ1v) is 6.92. The fourth-order valence-electron chi connectivity index (χ4n) is 1.57. The minimum Gasteiger partial charge on any atom is -0.423 e. The molecule has 0 heterocycles. The van der Waals surface area contributed by atoms with E-state index in [0.717, 1.165) is 4.47 Å². The van der Waals surface area contributed by atoms with E-state index in [4.69, 9.17) is 16.3 Å². The maximum atomic E-state index is 12.0. The van der Waals surface area contributed by atoms with Crippen LogP contribution >= 0.6 is 27.5 Å². The molecule has 3 nitrogen and oxygen atoms in total. The van der Waals surface area contributed by atoms with Crippen LogP contribution in [0.15, 0.2) is 46.9 Å². The number of carbonyl (C=O) groups excluding carboxylic acids is 2. The average molecular weight is 354 g/mol. The maximum Gasteiger partial charge on any atom is 0.345 e. The molecule has 0 unspecified atom stereocenters. The molecular formula is C15H10BrClO3. The quantitative estimate of drug-likeness (QED) is 0.463. The van der Waals surface area contributed by atoms with Gasteiger partial charge in [-0.2, -0.15) is 0 Å². The number of benzene rings is 2. The number of rotatable bonds is 3. The van der Waals surface area contributed by atoms with Gasteiger partial charge >= 0.3 is 5.97 Å². The van der Waals surface area contributed by atoms with Crippen LogP contribution in [0, 0.1) is 0 Å². The molecule has 0 aliphatic carbocycles. The van der Waals surface area contributed by atoms with Crippen LogP contribution in [0.2, 0.25) is 5.02 Å². The van der Waals surface area contributed by atoms with Crippen molar-refractivity contribution in [2.45, 2.75) is 6.92 Å². The van der Waals surface area contributed by atoms with Crippen LogP contribution in [-0.2, 0) is 0 Å². The fraction of sp³-hybridized carbons (Fsp3) is 0.0667. The summed E-state index contributed by atoms with van der Waals surface area (Å²) < 4.78 is 5.95. The molecule has 0 aliphatic heterocycles. The van der Waals surface area contributed by atoms with Gasteiger partial charge in [-0.15, -0.1) is 0 Å². The fourth-order valence-corrected chi connectivity index (χ4v) is 2.13. The molecule has 0 radical (unpaired) electrons. The summed E-state index contributed by atoms with van der Waals surface area (Å²) in [5, 5.41) is 0.318. The number of carbonyl (C=O) groups is 2. The van der Waals surface area contributed by atoms with E-state index in [2.05, 4.69) is 15.9 Å². The third-order valence-electron chi connectivity index (χ3n) is 2.62. The second-order valence-electron chi connectivity index (χ2n) is 4.09. The summed E-state index contributed by atoms with van der Waals surface area (Å²) in [5.41, 5.74) is 0.835. The van der Waals surface area contributed by atoms with Crippen molar-refractivity contribution >= 4 is 39.3 Å². The Kier molecular flexibility index (Phi) is 4.57. The summed E-state index contributed by atoms with van der Waals surface area (Å²) in [5.74, 6) is -0.235. The average Bonchev–Trinajstić information content (AvgIpc) is 2.42. The summed E-state index contributed by atoms with van der Waals surface area (Å²) in [6.07, 6.45) is 0. The van der Waals surface area contributed by atoms with Crippen molar-refractivity contribution in [3.8, 4) is 5.75 Å². The van der Waals surface area contributed by atoms with Crippen LogP contribution in [0.5, 0.6) is 5.75 Å². The molecular weight excluding hydrogens is 344 g/mol. The molecule has 20 heavy (non-hydrogen) atoms. The molecule has 0 bridgehead atoms. The largest absolute Gasteiger partial charge is 0.423 e. The normalized spacial score (nSPS) is 10.2. The monoisotopic (exact) mass is 352 g/mol. The zero-order valence-electron chi connectivity index (χ0n) is 10.5. The Bertz CT molecular complexity index is 665. The van der Waals surface area contributed by atoms with Gasteiger partial charge in [-0.3, -0.25) is 4.79 Å². The van der Waals surface area contributed by atoms with E-state index >= 15 is 0 Å². The molecule has 0 fully saturated rings. The number of hydrogen-bond acceptors (Lipinski definition) is 3. The summed E-state index contributed by atoms with van der Waals surface area (Å²) in [6.45, 7) is 1.47. The van der Waals surface area contributed by atoms with E-state index in [1.165, 1.54) is 6.92 Å². The van der Waals surface area contributed by atoms with Gasteiger partial charge in [0.15, 0.2) is 5.78 Å². The number of ketones is 1. The minimum absolute atomic E-state index is 0.0436. The molecule has 0 saturated heterocycles. The van der Waals surface area contributed by atoms with E-state index in [0.29, 0.717) is 16.3 Å². The summed E-state index contributed by atoms with van der Waals surface area (Å²) in [6, 6.07) is 11.3. The van der Waals surface area contributed by atoms with Crippen LogP contribution in [-0.4, -0.2) is 11.8 Å². The lowest BCUT2D eigenvalue weighted by atomic mass is 10.1. The van der Waals surface area contributed by atoms with Gasteiger partial charge in [0.05, 0.1) is 10.6 Å². The molecule has 0 aromatic heterocycles. The van der Waals surface area contributed by atoms with Crippen molar-refractivity contribution in [3.05, 3.63) is 63.1 Å². The molecule has 0 aliphatic rings. The molecule has 0 amide bonds. The van der Waals surface area contributed by atoms with E-state index in [1.54, 1.807) is 42.5 Å². The van der Waals surface area contributed by atoms with E-state index in [1.807, 2.05) is 0 Å². The van der Waals surface area contributed by atoms with Crippen LogP contribution in [0.4, 0.5) is 0 Å². The lowest BCUT2D eigenvalue weighted by Crippen LogP contribution is -2.09. The highest BCUT2D eigenvalue weighted by atomic mass is 79.9.